The first-order valence-corrected chi connectivity index (χ1v) is 6.89. The van der Waals surface area contributed by atoms with Gasteiger partial charge >= 0.3 is 0 Å². The molecule has 1 aliphatic rings. The van der Waals surface area contributed by atoms with Crippen LogP contribution in [0.1, 0.15) is 25.7 Å². The molecule has 0 aromatic carbocycles. The summed E-state index contributed by atoms with van der Waals surface area (Å²) in [6, 6.07) is 0. The number of ether oxygens (including phenoxy) is 2. The first-order valence-electron chi connectivity index (χ1n) is 6.89. The molecule has 0 unspecified atom stereocenters. The fourth-order valence-corrected chi connectivity index (χ4v) is 2.00. The fourth-order valence-electron chi connectivity index (χ4n) is 2.00. The van der Waals surface area contributed by atoms with Crippen LogP contribution in [0.4, 0.5) is 0 Å². The maximum atomic E-state index is 11.8. The highest BCUT2D eigenvalue weighted by Gasteiger charge is 2.19. The number of amides is 1. The molecule has 0 bridgehead atoms. The average molecular weight is 258 g/mol. The molecule has 1 aliphatic heterocycles. The maximum Gasteiger partial charge on any atom is 0.224 e. The van der Waals surface area contributed by atoms with Crippen LogP contribution in [0.5, 0.6) is 0 Å². The quantitative estimate of drug-likeness (QED) is 0.593. The van der Waals surface area contributed by atoms with Crippen LogP contribution in [0.15, 0.2) is 0 Å². The van der Waals surface area contributed by atoms with Crippen LogP contribution in [0.3, 0.4) is 0 Å². The van der Waals surface area contributed by atoms with E-state index >= 15 is 0 Å². The molecule has 0 spiro atoms. The molecule has 1 amide bonds. The molecule has 0 aromatic rings. The Hall–Kier alpha value is -0.650. The number of rotatable bonds is 9. The summed E-state index contributed by atoms with van der Waals surface area (Å²) in [6.07, 6.45) is 4.07. The lowest BCUT2D eigenvalue weighted by atomic mass is 9.99. The van der Waals surface area contributed by atoms with E-state index in [2.05, 4.69) is 10.6 Å². The van der Waals surface area contributed by atoms with Gasteiger partial charge in [-0.25, -0.2) is 0 Å². The van der Waals surface area contributed by atoms with Crippen LogP contribution in [0, 0.1) is 5.92 Å². The Kier molecular flexibility index (Phi) is 8.81. The Balaban J connectivity index is 1.89. The van der Waals surface area contributed by atoms with Gasteiger partial charge < -0.3 is 20.1 Å². The molecular weight excluding hydrogens is 232 g/mol. The number of piperidine rings is 1. The Morgan fingerprint density at radius 3 is 2.94 bits per heavy atom. The van der Waals surface area contributed by atoms with Crippen molar-refractivity contribution in [3.63, 3.8) is 0 Å². The topological polar surface area (TPSA) is 59.6 Å². The van der Waals surface area contributed by atoms with Crippen LogP contribution < -0.4 is 10.6 Å². The van der Waals surface area contributed by atoms with E-state index in [1.165, 1.54) is 0 Å². The van der Waals surface area contributed by atoms with Crippen molar-refractivity contribution in [3.05, 3.63) is 0 Å². The normalized spacial score (nSPS) is 19.7. The van der Waals surface area contributed by atoms with Gasteiger partial charge in [0, 0.05) is 26.8 Å². The van der Waals surface area contributed by atoms with Crippen molar-refractivity contribution in [1.29, 1.82) is 0 Å². The first kappa shape index (κ1) is 15.4. The Bertz CT molecular complexity index is 218. The minimum Gasteiger partial charge on any atom is -0.382 e. The van der Waals surface area contributed by atoms with Gasteiger partial charge in [0.2, 0.25) is 5.91 Å². The van der Waals surface area contributed by atoms with Crippen molar-refractivity contribution < 1.29 is 14.3 Å². The zero-order chi connectivity index (χ0) is 13.1. The zero-order valence-corrected chi connectivity index (χ0v) is 11.4. The molecule has 5 heteroatoms. The zero-order valence-electron chi connectivity index (χ0n) is 11.4. The van der Waals surface area contributed by atoms with Gasteiger partial charge in [-0.2, -0.15) is 0 Å². The summed E-state index contributed by atoms with van der Waals surface area (Å²) in [6.45, 7) is 4.66. The molecule has 0 aromatic heterocycles. The number of nitrogens with one attached hydrogen (secondary N) is 2. The third kappa shape index (κ3) is 6.93. The van der Waals surface area contributed by atoms with Crippen molar-refractivity contribution in [1.82, 2.24) is 10.6 Å². The van der Waals surface area contributed by atoms with Crippen LogP contribution in [-0.4, -0.2) is 52.5 Å². The molecule has 0 saturated carbocycles. The molecule has 2 N–H and O–H groups in total. The van der Waals surface area contributed by atoms with E-state index in [0.717, 1.165) is 51.9 Å². The summed E-state index contributed by atoms with van der Waals surface area (Å²) < 4.78 is 10.2. The monoisotopic (exact) mass is 258 g/mol. The lowest BCUT2D eigenvalue weighted by molar-refractivity contribution is -0.125. The van der Waals surface area contributed by atoms with Crippen molar-refractivity contribution in [2.24, 2.45) is 5.92 Å². The van der Waals surface area contributed by atoms with E-state index in [0.29, 0.717) is 13.2 Å². The summed E-state index contributed by atoms with van der Waals surface area (Å²) >= 11 is 0. The number of methoxy groups -OCH3 is 1. The average Bonchev–Trinajstić information content (AvgIpc) is 2.42. The van der Waals surface area contributed by atoms with Crippen molar-refractivity contribution >= 4 is 5.91 Å². The second kappa shape index (κ2) is 10.3. The SMILES string of the molecule is COCCOCCCCNC(=O)[C@@H]1CCCNC1. The van der Waals surface area contributed by atoms with E-state index < -0.39 is 0 Å². The molecule has 0 radical (unpaired) electrons. The van der Waals surface area contributed by atoms with Crippen molar-refractivity contribution in [2.45, 2.75) is 25.7 Å². The second-order valence-corrected chi connectivity index (χ2v) is 4.65. The smallest absolute Gasteiger partial charge is 0.224 e. The van der Waals surface area contributed by atoms with E-state index in [4.69, 9.17) is 9.47 Å². The summed E-state index contributed by atoms with van der Waals surface area (Å²) in [4.78, 5) is 11.8. The number of unbranched alkanes of at least 4 members (excludes halogenated alkanes) is 1. The van der Waals surface area contributed by atoms with E-state index in [1.807, 2.05) is 0 Å². The summed E-state index contributed by atoms with van der Waals surface area (Å²) in [5, 5.41) is 6.25. The van der Waals surface area contributed by atoms with Gasteiger partial charge in [-0.05, 0) is 32.2 Å². The largest absolute Gasteiger partial charge is 0.382 e. The number of carbonyl (C=O) groups excluding carboxylic acids is 1. The van der Waals surface area contributed by atoms with Gasteiger partial charge in [-0.1, -0.05) is 0 Å². The Morgan fingerprint density at radius 2 is 2.22 bits per heavy atom. The minimum atomic E-state index is 0.164. The van der Waals surface area contributed by atoms with Gasteiger partial charge in [0.15, 0.2) is 0 Å². The minimum absolute atomic E-state index is 0.164. The molecule has 0 aliphatic carbocycles. The molecule has 1 heterocycles. The summed E-state index contributed by atoms with van der Waals surface area (Å²) in [5.74, 6) is 0.360. The standard InChI is InChI=1S/C13H26N2O3/c1-17-9-10-18-8-3-2-7-15-13(16)12-5-4-6-14-11-12/h12,14H,2-11H2,1H3,(H,15,16)/t12-/m1/s1. The van der Waals surface area contributed by atoms with Gasteiger partial charge in [-0.15, -0.1) is 0 Å². The van der Waals surface area contributed by atoms with Crippen molar-refractivity contribution in [3.8, 4) is 0 Å². The van der Waals surface area contributed by atoms with Crippen LogP contribution >= 0.6 is 0 Å². The second-order valence-electron chi connectivity index (χ2n) is 4.65. The highest BCUT2D eigenvalue weighted by Crippen LogP contribution is 2.09. The van der Waals surface area contributed by atoms with E-state index in [-0.39, 0.29) is 11.8 Å². The lowest BCUT2D eigenvalue weighted by Gasteiger charge is -2.21. The third-order valence-electron chi connectivity index (χ3n) is 3.11. The Labute approximate surface area is 110 Å². The van der Waals surface area contributed by atoms with Crippen LogP contribution in [-0.2, 0) is 14.3 Å². The highest BCUT2D eigenvalue weighted by molar-refractivity contribution is 5.78. The molecule has 1 saturated heterocycles. The van der Waals surface area contributed by atoms with Gasteiger partial charge in [-0.3, -0.25) is 4.79 Å². The third-order valence-corrected chi connectivity index (χ3v) is 3.11. The number of carbonyl (C=O) groups is 1. The van der Waals surface area contributed by atoms with Gasteiger partial charge in [0.1, 0.15) is 0 Å². The predicted molar refractivity (Wildman–Crippen MR) is 70.5 cm³/mol. The molecule has 18 heavy (non-hydrogen) atoms. The predicted octanol–water partition coefficient (Wildman–Crippen LogP) is 0.545. The Morgan fingerprint density at radius 1 is 1.33 bits per heavy atom. The molecular formula is C13H26N2O3. The van der Waals surface area contributed by atoms with E-state index in [9.17, 15) is 4.79 Å². The highest BCUT2D eigenvalue weighted by atomic mass is 16.5. The van der Waals surface area contributed by atoms with E-state index in [1.54, 1.807) is 7.11 Å². The van der Waals surface area contributed by atoms with Gasteiger partial charge in [0.25, 0.3) is 0 Å². The molecule has 1 atom stereocenters. The van der Waals surface area contributed by atoms with Gasteiger partial charge in [0.05, 0.1) is 19.1 Å². The molecule has 106 valence electrons. The van der Waals surface area contributed by atoms with Crippen LogP contribution in [0.2, 0.25) is 0 Å². The lowest BCUT2D eigenvalue weighted by Crippen LogP contribution is -2.40. The number of hydrogen-bond donors (Lipinski definition) is 2. The summed E-state index contributed by atoms with van der Waals surface area (Å²) in [5.41, 5.74) is 0. The molecule has 1 rings (SSSR count). The van der Waals surface area contributed by atoms with Crippen molar-refractivity contribution in [2.75, 3.05) is 46.6 Å². The first-order chi connectivity index (χ1) is 8.84. The number of hydrogen-bond acceptors (Lipinski definition) is 4. The molecule has 5 nitrogen and oxygen atoms in total. The van der Waals surface area contributed by atoms with Crippen LogP contribution in [0.25, 0.3) is 0 Å². The maximum absolute atomic E-state index is 11.8. The summed E-state index contributed by atoms with van der Waals surface area (Å²) in [7, 11) is 1.67. The fraction of sp³-hybridized carbons (Fsp3) is 0.923. The molecule has 1 fully saturated rings.